The molecular formula is C16H36F6N6O4S2. The molecule has 2 heterocycles. The summed E-state index contributed by atoms with van der Waals surface area (Å²) in [6.45, 7) is 16.8. The number of nitrogens with one attached hydrogen (secondary N) is 4. The lowest BCUT2D eigenvalue weighted by atomic mass is 10.5. The average Bonchev–Trinajstić information content (AvgIpc) is 3.15. The largest absolute Gasteiger partial charge is 0.758 e. The van der Waals surface area contributed by atoms with Crippen LogP contribution < -0.4 is 9.80 Å². The molecule has 2 fully saturated rings. The third kappa shape index (κ3) is 12.8. The number of likely N-dealkylation sites (N-methyl/N-ethyl adjacent to an activating group) is 4. The Kier molecular flexibility index (Phi) is 14.7. The summed E-state index contributed by atoms with van der Waals surface area (Å²) in [7, 11) is -6.78. The van der Waals surface area contributed by atoms with E-state index < -0.39 is 31.0 Å². The van der Waals surface area contributed by atoms with Gasteiger partial charge in [0.25, 0.3) is 0 Å². The van der Waals surface area contributed by atoms with Crippen molar-refractivity contribution in [2.24, 2.45) is 0 Å². The van der Waals surface area contributed by atoms with E-state index in [1.807, 2.05) is 0 Å². The number of rotatable bonds is 2. The maximum atomic E-state index is 10.8. The first-order chi connectivity index (χ1) is 15.0. The second kappa shape index (κ2) is 14.1. The molecule has 0 aromatic carbocycles. The van der Waals surface area contributed by atoms with Crippen LogP contribution in [-0.4, -0.2) is 104 Å². The number of alkyl halides is 6. The van der Waals surface area contributed by atoms with Gasteiger partial charge in [-0.25, -0.2) is 0 Å². The molecule has 6 unspecified atom stereocenters. The second-order valence-corrected chi connectivity index (χ2v) is 10.7. The molecule has 0 bridgehead atoms. The number of hydrogen-bond acceptors (Lipinski definition) is 8. The molecule has 2 aliphatic heterocycles. The molecule has 2 saturated heterocycles. The average molecular weight is 555 g/mol. The fraction of sp³-hybridized carbons (Fsp3) is 1.00. The third-order valence-electron chi connectivity index (χ3n) is 5.59. The Morgan fingerprint density at radius 2 is 1.00 bits per heavy atom. The molecule has 2 rings (SSSR count). The van der Waals surface area contributed by atoms with Crippen LogP contribution >= 0.6 is 0 Å². The summed E-state index contributed by atoms with van der Waals surface area (Å²) < 4.78 is 112. The molecule has 0 spiro atoms. The van der Waals surface area contributed by atoms with E-state index in [4.69, 9.17) is 9.56 Å². The zero-order chi connectivity index (χ0) is 27.7. The summed E-state index contributed by atoms with van der Waals surface area (Å²) in [5.74, 6) is 0. The summed E-state index contributed by atoms with van der Waals surface area (Å²) in [5, 5.41) is 0. The van der Waals surface area contributed by atoms with Crippen molar-refractivity contribution < 1.29 is 53.7 Å². The van der Waals surface area contributed by atoms with Crippen LogP contribution in [-0.2, 0) is 20.0 Å². The van der Waals surface area contributed by atoms with Crippen LogP contribution in [0, 0.1) is 9.56 Å². The number of quaternary nitrogens is 2. The SMILES string of the molecule is CC[NH+]1CCN(C)C1C.CC[NH+]1CCN(C)C1C.N=S(=O)([O-])C(F)(F)F.N=S(=O)([O-])C(F)(F)F. The highest BCUT2D eigenvalue weighted by molar-refractivity contribution is 7.87. The summed E-state index contributed by atoms with van der Waals surface area (Å²) in [6, 6.07) is 0. The molecule has 4 N–H and O–H groups in total. The molecule has 208 valence electrons. The quantitative estimate of drug-likeness (QED) is 0.346. The van der Waals surface area contributed by atoms with Crippen molar-refractivity contribution >= 4 is 20.0 Å². The van der Waals surface area contributed by atoms with Gasteiger partial charge in [0, 0.05) is 13.8 Å². The van der Waals surface area contributed by atoms with Crippen molar-refractivity contribution in [3.8, 4) is 0 Å². The number of nitrogens with zero attached hydrogens (tertiary/aromatic N) is 2. The standard InChI is InChI=1S/2C7H16N2.2CH2F3NO2S/c2*1-4-9-6-5-8(3)7(9)2;2*2-1(3,4)8(5,6)7/h2*7H,4-6H2,1-3H3;2*(H2,5,6,7). The minimum absolute atomic E-state index is 0.745. The van der Waals surface area contributed by atoms with Crippen molar-refractivity contribution in [3.05, 3.63) is 0 Å². The Morgan fingerprint density at radius 1 is 0.794 bits per heavy atom. The van der Waals surface area contributed by atoms with E-state index in [0.29, 0.717) is 0 Å². The van der Waals surface area contributed by atoms with Crippen molar-refractivity contribution in [1.82, 2.24) is 9.80 Å². The number of hydrogen-bond donors (Lipinski definition) is 4. The van der Waals surface area contributed by atoms with E-state index in [2.05, 4.69) is 51.6 Å². The Hall–Kier alpha value is -0.760. The van der Waals surface area contributed by atoms with E-state index >= 15 is 0 Å². The Labute approximate surface area is 197 Å². The Morgan fingerprint density at radius 3 is 1.06 bits per heavy atom. The van der Waals surface area contributed by atoms with Gasteiger partial charge in [-0.05, 0) is 27.9 Å². The Balaban J connectivity index is 0. The van der Waals surface area contributed by atoms with Crippen LogP contribution in [0.1, 0.15) is 27.7 Å². The molecule has 6 atom stereocenters. The van der Waals surface area contributed by atoms with Gasteiger partial charge in [0.15, 0.2) is 0 Å². The van der Waals surface area contributed by atoms with E-state index in [9.17, 15) is 43.9 Å². The molecule has 0 amide bonds. The first kappa shape index (κ1) is 35.4. The zero-order valence-electron chi connectivity index (χ0n) is 20.0. The van der Waals surface area contributed by atoms with Gasteiger partial charge >= 0.3 is 11.0 Å². The lowest BCUT2D eigenvalue weighted by Crippen LogP contribution is -3.13. The lowest BCUT2D eigenvalue weighted by molar-refractivity contribution is -0.914. The van der Waals surface area contributed by atoms with Crippen LogP contribution in [0.3, 0.4) is 0 Å². The van der Waals surface area contributed by atoms with Crippen LogP contribution in [0.15, 0.2) is 0 Å². The summed E-state index contributed by atoms with van der Waals surface area (Å²) in [6.07, 6.45) is 1.49. The monoisotopic (exact) mass is 554 g/mol. The summed E-state index contributed by atoms with van der Waals surface area (Å²) >= 11 is 0. The predicted molar refractivity (Wildman–Crippen MR) is 112 cm³/mol. The van der Waals surface area contributed by atoms with Crippen molar-refractivity contribution in [2.45, 2.75) is 51.0 Å². The molecule has 34 heavy (non-hydrogen) atoms. The van der Waals surface area contributed by atoms with Crippen molar-refractivity contribution in [1.29, 1.82) is 9.56 Å². The van der Waals surface area contributed by atoms with Crippen LogP contribution in [0.2, 0.25) is 0 Å². The van der Waals surface area contributed by atoms with Gasteiger partial charge in [-0.1, -0.05) is 0 Å². The minimum Gasteiger partial charge on any atom is -0.758 e. The maximum Gasteiger partial charge on any atom is 0.466 e. The predicted octanol–water partition coefficient (Wildman–Crippen LogP) is -0.268. The van der Waals surface area contributed by atoms with E-state index in [1.54, 1.807) is 9.80 Å². The molecule has 10 nitrogen and oxygen atoms in total. The van der Waals surface area contributed by atoms with Gasteiger partial charge in [-0.3, -0.25) is 27.8 Å². The van der Waals surface area contributed by atoms with Crippen molar-refractivity contribution in [2.75, 3.05) is 53.4 Å². The molecule has 0 aromatic heterocycles. The van der Waals surface area contributed by atoms with Gasteiger partial charge < -0.3 is 18.9 Å². The van der Waals surface area contributed by atoms with E-state index in [-0.39, 0.29) is 0 Å². The van der Waals surface area contributed by atoms with Crippen LogP contribution in [0.4, 0.5) is 26.3 Å². The topological polar surface area (TPSA) is 143 Å². The molecule has 0 aliphatic carbocycles. The Bertz CT molecular complexity index is 729. The summed E-state index contributed by atoms with van der Waals surface area (Å²) in [4.78, 5) is 8.27. The van der Waals surface area contributed by atoms with Gasteiger partial charge in [-0.15, -0.1) is 0 Å². The second-order valence-electron chi connectivity index (χ2n) is 7.74. The lowest BCUT2D eigenvalue weighted by Gasteiger charge is -2.18. The molecule has 0 aromatic rings. The highest BCUT2D eigenvalue weighted by Crippen LogP contribution is 2.21. The van der Waals surface area contributed by atoms with Gasteiger partial charge in [0.2, 0.25) is 0 Å². The molecule has 18 heteroatoms. The first-order valence-electron chi connectivity index (χ1n) is 10.2. The summed E-state index contributed by atoms with van der Waals surface area (Å²) in [5.41, 5.74) is -10.8. The van der Waals surface area contributed by atoms with Gasteiger partial charge in [0.1, 0.15) is 12.3 Å². The van der Waals surface area contributed by atoms with E-state index in [0.717, 1.165) is 12.3 Å². The smallest absolute Gasteiger partial charge is 0.466 e. The fourth-order valence-corrected chi connectivity index (χ4v) is 3.01. The zero-order valence-corrected chi connectivity index (χ0v) is 21.6. The van der Waals surface area contributed by atoms with E-state index in [1.165, 1.54) is 39.3 Å². The third-order valence-corrected chi connectivity index (χ3v) is 6.81. The highest BCUT2D eigenvalue weighted by atomic mass is 32.2. The fourth-order valence-electron chi connectivity index (χ4n) is 3.01. The maximum absolute atomic E-state index is 10.8. The normalized spacial score (nSPS) is 29.4. The van der Waals surface area contributed by atoms with Gasteiger partial charge in [0.05, 0.1) is 59.3 Å². The molecular weight excluding hydrogens is 518 g/mol. The highest BCUT2D eigenvalue weighted by Gasteiger charge is 2.34. The first-order valence-corrected chi connectivity index (χ1v) is 13.2. The van der Waals surface area contributed by atoms with Gasteiger partial charge in [-0.2, -0.15) is 26.3 Å². The molecule has 2 aliphatic rings. The van der Waals surface area contributed by atoms with Crippen LogP contribution in [0.5, 0.6) is 0 Å². The minimum atomic E-state index is -5.59. The molecule has 0 radical (unpaired) electrons. The number of halogens is 6. The molecule has 0 saturated carbocycles. The van der Waals surface area contributed by atoms with Crippen LogP contribution in [0.25, 0.3) is 0 Å². The van der Waals surface area contributed by atoms with Crippen molar-refractivity contribution in [3.63, 3.8) is 0 Å².